The summed E-state index contributed by atoms with van der Waals surface area (Å²) in [4.78, 5) is 39.3. The lowest BCUT2D eigenvalue weighted by Gasteiger charge is -2.42. The van der Waals surface area contributed by atoms with E-state index in [2.05, 4.69) is 10.6 Å². The number of nitrogens with zero attached hydrogens (tertiary/aromatic N) is 1. The van der Waals surface area contributed by atoms with Crippen LogP contribution in [-0.2, 0) is 9.53 Å². The first kappa shape index (κ1) is 24.6. The number of halogens is 2. The average molecular weight is 488 g/mol. The zero-order valence-electron chi connectivity index (χ0n) is 19.5. The summed E-state index contributed by atoms with van der Waals surface area (Å²) >= 11 is 0. The molecule has 2 aromatic carbocycles. The molecule has 1 fully saturated rings. The summed E-state index contributed by atoms with van der Waals surface area (Å²) in [7, 11) is 1.69. The van der Waals surface area contributed by atoms with Crippen LogP contribution in [0.15, 0.2) is 36.4 Å². The molecule has 186 valence electrons. The van der Waals surface area contributed by atoms with Gasteiger partial charge < -0.3 is 25.0 Å². The molecule has 3 atom stereocenters. The normalized spacial score (nSPS) is 21.7. The van der Waals surface area contributed by atoms with Crippen LogP contribution >= 0.6 is 0 Å². The second kappa shape index (κ2) is 10.4. The molecule has 1 saturated heterocycles. The molecule has 8 nitrogen and oxygen atoms in total. The fourth-order valence-electron chi connectivity index (χ4n) is 4.42. The van der Waals surface area contributed by atoms with Crippen molar-refractivity contribution in [1.82, 2.24) is 10.2 Å². The molecule has 4 rings (SSSR count). The predicted octanol–water partition coefficient (Wildman–Crippen LogP) is 3.12. The first-order chi connectivity index (χ1) is 16.8. The minimum Gasteiger partial charge on any atom is -0.490 e. The van der Waals surface area contributed by atoms with Crippen molar-refractivity contribution in [2.75, 3.05) is 25.5 Å². The lowest BCUT2D eigenvalue weighted by Crippen LogP contribution is -2.54. The van der Waals surface area contributed by atoms with Gasteiger partial charge in [-0.25, -0.2) is 8.78 Å². The molecule has 35 heavy (non-hydrogen) atoms. The number of carbonyl (C=O) groups excluding carboxylic acids is 3. The number of anilines is 1. The zero-order chi connectivity index (χ0) is 25.1. The number of nitrogens with one attached hydrogen (secondary N) is 2. The van der Waals surface area contributed by atoms with E-state index in [1.54, 1.807) is 24.1 Å². The number of amides is 3. The molecule has 2 heterocycles. The lowest BCUT2D eigenvalue weighted by atomic mass is 9.94. The van der Waals surface area contributed by atoms with Crippen LogP contribution in [0.2, 0.25) is 0 Å². The maximum atomic E-state index is 13.5. The largest absolute Gasteiger partial charge is 0.490 e. The van der Waals surface area contributed by atoms with Crippen LogP contribution in [0.1, 0.15) is 46.9 Å². The molecule has 2 aliphatic heterocycles. The molecule has 0 aliphatic carbocycles. The third-order valence-electron chi connectivity index (χ3n) is 6.24. The van der Waals surface area contributed by atoms with E-state index in [1.807, 2.05) is 6.92 Å². The molecule has 0 unspecified atom stereocenters. The van der Waals surface area contributed by atoms with Gasteiger partial charge in [-0.15, -0.1) is 0 Å². The summed E-state index contributed by atoms with van der Waals surface area (Å²) < 4.78 is 38.7. The SMILES string of the molecule is CCNC(=O)C[C@H]1CC[C@@H]2[C@H](COc3ccc(NC(=O)c4ccc(F)c(F)c4)cc3C(=O)N2C)O1. The van der Waals surface area contributed by atoms with Gasteiger partial charge in [0.25, 0.3) is 11.8 Å². The van der Waals surface area contributed by atoms with Crippen molar-refractivity contribution >= 4 is 23.4 Å². The van der Waals surface area contributed by atoms with Gasteiger partial charge in [-0.2, -0.15) is 0 Å². The number of benzene rings is 2. The maximum Gasteiger partial charge on any atom is 0.257 e. The molecule has 10 heteroatoms. The summed E-state index contributed by atoms with van der Waals surface area (Å²) in [5, 5.41) is 5.37. The average Bonchev–Trinajstić information content (AvgIpc) is 2.83. The Balaban J connectivity index is 1.49. The Kier molecular flexibility index (Phi) is 7.30. The summed E-state index contributed by atoms with van der Waals surface area (Å²) in [6.45, 7) is 2.61. The fraction of sp³-hybridized carbons (Fsp3) is 0.400. The third kappa shape index (κ3) is 5.43. The van der Waals surface area contributed by atoms with E-state index in [0.29, 0.717) is 30.8 Å². The molecule has 0 spiro atoms. The van der Waals surface area contributed by atoms with Gasteiger partial charge in [0.15, 0.2) is 11.6 Å². The van der Waals surface area contributed by atoms with Crippen molar-refractivity contribution in [2.24, 2.45) is 0 Å². The lowest BCUT2D eigenvalue weighted by molar-refractivity contribution is -0.133. The van der Waals surface area contributed by atoms with Crippen molar-refractivity contribution in [3.63, 3.8) is 0 Å². The highest BCUT2D eigenvalue weighted by Gasteiger charge is 2.39. The molecule has 0 aromatic heterocycles. The highest BCUT2D eigenvalue weighted by Crippen LogP contribution is 2.32. The van der Waals surface area contributed by atoms with E-state index in [1.165, 1.54) is 12.1 Å². The number of carbonyl (C=O) groups is 3. The molecule has 3 amide bonds. The van der Waals surface area contributed by atoms with Crippen LogP contribution < -0.4 is 15.4 Å². The second-order valence-corrected chi connectivity index (χ2v) is 8.62. The maximum absolute atomic E-state index is 13.5. The molecule has 0 saturated carbocycles. The van der Waals surface area contributed by atoms with Crippen LogP contribution in [0.25, 0.3) is 0 Å². The van der Waals surface area contributed by atoms with Crippen LogP contribution in [0.3, 0.4) is 0 Å². The summed E-state index contributed by atoms with van der Waals surface area (Å²) in [6, 6.07) is 7.24. The summed E-state index contributed by atoms with van der Waals surface area (Å²) in [5.74, 6) is -2.86. The number of hydrogen-bond acceptors (Lipinski definition) is 5. The van der Waals surface area contributed by atoms with Crippen molar-refractivity contribution in [1.29, 1.82) is 0 Å². The second-order valence-electron chi connectivity index (χ2n) is 8.62. The Morgan fingerprint density at radius 1 is 1.11 bits per heavy atom. The Hall–Kier alpha value is -3.53. The molecule has 0 bridgehead atoms. The number of hydrogen-bond donors (Lipinski definition) is 2. The van der Waals surface area contributed by atoms with Gasteiger partial charge in [0, 0.05) is 24.8 Å². The Labute approximate surface area is 201 Å². The fourth-order valence-corrected chi connectivity index (χ4v) is 4.42. The molecule has 0 radical (unpaired) electrons. The van der Waals surface area contributed by atoms with Gasteiger partial charge in [0.05, 0.1) is 24.1 Å². The van der Waals surface area contributed by atoms with E-state index >= 15 is 0 Å². The molecular weight excluding hydrogens is 460 g/mol. The number of likely N-dealkylation sites (N-methyl/N-ethyl adjacent to an activating group) is 1. The number of rotatable bonds is 5. The first-order valence-electron chi connectivity index (χ1n) is 11.5. The van der Waals surface area contributed by atoms with Crippen LogP contribution in [0, 0.1) is 11.6 Å². The highest BCUT2D eigenvalue weighted by molar-refractivity contribution is 6.05. The molecule has 2 aromatic rings. The van der Waals surface area contributed by atoms with E-state index in [-0.39, 0.29) is 48.1 Å². The van der Waals surface area contributed by atoms with Crippen molar-refractivity contribution in [3.8, 4) is 5.75 Å². The van der Waals surface area contributed by atoms with Crippen LogP contribution in [0.5, 0.6) is 5.75 Å². The third-order valence-corrected chi connectivity index (χ3v) is 6.24. The van der Waals surface area contributed by atoms with Crippen molar-refractivity contribution < 1.29 is 32.6 Å². The zero-order valence-corrected chi connectivity index (χ0v) is 19.5. The topological polar surface area (TPSA) is 97.0 Å². The number of ether oxygens (including phenoxy) is 2. The molecule has 2 N–H and O–H groups in total. The van der Waals surface area contributed by atoms with Gasteiger partial charge >= 0.3 is 0 Å². The smallest absolute Gasteiger partial charge is 0.257 e. The Morgan fingerprint density at radius 3 is 2.66 bits per heavy atom. The highest BCUT2D eigenvalue weighted by atomic mass is 19.2. The predicted molar refractivity (Wildman–Crippen MR) is 123 cm³/mol. The van der Waals surface area contributed by atoms with Crippen LogP contribution in [-0.4, -0.2) is 61.1 Å². The van der Waals surface area contributed by atoms with E-state index in [9.17, 15) is 23.2 Å². The van der Waals surface area contributed by atoms with Gasteiger partial charge in [-0.05, 0) is 56.2 Å². The van der Waals surface area contributed by atoms with Crippen LogP contribution in [0.4, 0.5) is 14.5 Å². The van der Waals surface area contributed by atoms with E-state index in [4.69, 9.17) is 9.47 Å². The first-order valence-corrected chi connectivity index (χ1v) is 11.5. The van der Waals surface area contributed by atoms with Gasteiger partial charge in [-0.1, -0.05) is 0 Å². The van der Waals surface area contributed by atoms with Gasteiger partial charge in [-0.3, -0.25) is 14.4 Å². The summed E-state index contributed by atoms with van der Waals surface area (Å²) in [6.07, 6.45) is 0.905. The van der Waals surface area contributed by atoms with Crippen molar-refractivity contribution in [2.45, 2.75) is 44.4 Å². The van der Waals surface area contributed by atoms with Gasteiger partial charge in [0.2, 0.25) is 5.91 Å². The number of fused-ring (bicyclic) bond motifs is 2. The Morgan fingerprint density at radius 2 is 1.91 bits per heavy atom. The van der Waals surface area contributed by atoms with Gasteiger partial charge in [0.1, 0.15) is 18.5 Å². The van der Waals surface area contributed by atoms with Crippen molar-refractivity contribution in [3.05, 3.63) is 59.2 Å². The van der Waals surface area contributed by atoms with E-state index in [0.717, 1.165) is 12.1 Å². The van der Waals surface area contributed by atoms with E-state index < -0.39 is 23.6 Å². The monoisotopic (exact) mass is 487 g/mol. The molecule has 2 aliphatic rings. The minimum atomic E-state index is -1.13. The quantitative estimate of drug-likeness (QED) is 0.676. The minimum absolute atomic E-state index is 0.0558. The Bertz CT molecular complexity index is 1140. The summed E-state index contributed by atoms with van der Waals surface area (Å²) in [5.41, 5.74) is 0.515. The molecular formula is C25H27F2N3O5. The standard InChI is InChI=1S/C25H27F2N3O5/c1-3-28-23(31)12-16-6-8-20-22(35-16)13-34-21-9-5-15(11-17(21)25(33)30(20)2)29-24(32)14-4-7-18(26)19(27)10-14/h4-5,7,9-11,16,20,22H,3,6,8,12-13H2,1-2H3,(H,28,31)(H,29,32)/t16-,20-,22+/m1/s1.